The summed E-state index contributed by atoms with van der Waals surface area (Å²) in [6.07, 6.45) is -0.598. The van der Waals surface area contributed by atoms with Crippen LogP contribution in [0.25, 0.3) is 0 Å². The predicted molar refractivity (Wildman–Crippen MR) is 69.7 cm³/mol. The molecule has 0 saturated carbocycles. The molecule has 18 heavy (non-hydrogen) atoms. The third-order valence-corrected chi connectivity index (χ3v) is 2.92. The van der Waals surface area contributed by atoms with Crippen molar-refractivity contribution in [2.45, 2.75) is 6.42 Å². The quantitative estimate of drug-likeness (QED) is 0.922. The summed E-state index contributed by atoms with van der Waals surface area (Å²) in [6, 6.07) is 14.7. The minimum absolute atomic E-state index is 0.498. The number of carbonyl (C=O) groups is 1. The zero-order valence-corrected chi connectivity index (χ0v) is 10.3. The van der Waals surface area contributed by atoms with Gasteiger partial charge in [-0.25, -0.2) is 0 Å². The van der Waals surface area contributed by atoms with Gasteiger partial charge in [0.05, 0.1) is 0 Å². The molecule has 2 aromatic carbocycles. The Bertz CT molecular complexity index is 552. The van der Waals surface area contributed by atoms with Crippen molar-refractivity contribution in [2.75, 3.05) is 5.32 Å². The van der Waals surface area contributed by atoms with Crippen molar-refractivity contribution in [3.05, 3.63) is 64.7 Å². The summed E-state index contributed by atoms with van der Waals surface area (Å²) in [5.41, 5.74) is 2.60. The van der Waals surface area contributed by atoms with Crippen molar-refractivity contribution in [1.29, 1.82) is 0 Å². The fourth-order valence-electron chi connectivity index (χ4n) is 1.69. The maximum atomic E-state index is 10.3. The summed E-state index contributed by atoms with van der Waals surface area (Å²) in [4.78, 5) is 10.3. The van der Waals surface area contributed by atoms with Gasteiger partial charge in [0.25, 0.3) is 0 Å². The van der Waals surface area contributed by atoms with Gasteiger partial charge in [0.1, 0.15) is 6.09 Å². The SMILES string of the molecule is O=C([O-])Nc1ccc(Cc2ccccc2Cl)cc1. The van der Waals surface area contributed by atoms with Crippen molar-refractivity contribution in [1.82, 2.24) is 0 Å². The number of benzene rings is 2. The molecule has 0 aliphatic carbocycles. The van der Waals surface area contributed by atoms with Crippen LogP contribution in [0.3, 0.4) is 0 Å². The van der Waals surface area contributed by atoms with Crippen LogP contribution in [-0.4, -0.2) is 6.09 Å². The third-order valence-electron chi connectivity index (χ3n) is 2.55. The maximum absolute atomic E-state index is 10.3. The van der Waals surface area contributed by atoms with E-state index < -0.39 is 6.09 Å². The molecule has 0 unspecified atom stereocenters. The van der Waals surface area contributed by atoms with Crippen LogP contribution in [0, 0.1) is 0 Å². The molecule has 1 amide bonds. The van der Waals surface area contributed by atoms with E-state index in [0.717, 1.165) is 16.1 Å². The van der Waals surface area contributed by atoms with E-state index >= 15 is 0 Å². The van der Waals surface area contributed by atoms with Crippen molar-refractivity contribution < 1.29 is 9.90 Å². The van der Waals surface area contributed by atoms with E-state index in [0.29, 0.717) is 12.1 Å². The highest BCUT2D eigenvalue weighted by Gasteiger charge is 2.01. The first kappa shape index (κ1) is 12.5. The van der Waals surface area contributed by atoms with Crippen LogP contribution in [0.15, 0.2) is 48.5 Å². The Kier molecular flexibility index (Phi) is 3.85. The fourth-order valence-corrected chi connectivity index (χ4v) is 1.89. The predicted octanol–water partition coefficient (Wildman–Crippen LogP) is 2.69. The molecule has 0 atom stereocenters. The van der Waals surface area contributed by atoms with Crippen LogP contribution in [-0.2, 0) is 6.42 Å². The van der Waals surface area contributed by atoms with Gasteiger partial charge in [-0.2, -0.15) is 0 Å². The van der Waals surface area contributed by atoms with Crippen LogP contribution in [0.4, 0.5) is 10.5 Å². The lowest BCUT2D eigenvalue weighted by Crippen LogP contribution is -2.28. The van der Waals surface area contributed by atoms with Gasteiger partial charge < -0.3 is 15.2 Å². The van der Waals surface area contributed by atoms with E-state index in [-0.39, 0.29) is 0 Å². The normalized spacial score (nSPS) is 10.1. The molecule has 0 aliphatic heterocycles. The summed E-state index contributed by atoms with van der Waals surface area (Å²) >= 11 is 6.08. The average molecular weight is 261 g/mol. The van der Waals surface area contributed by atoms with Crippen molar-refractivity contribution in [3.8, 4) is 0 Å². The van der Waals surface area contributed by atoms with Gasteiger partial charge in [0, 0.05) is 10.7 Å². The van der Waals surface area contributed by atoms with Crippen molar-refractivity contribution >= 4 is 23.4 Å². The maximum Gasteiger partial charge on any atom is 0.138 e. The smallest absolute Gasteiger partial charge is 0.138 e. The Labute approximate surface area is 110 Å². The summed E-state index contributed by atoms with van der Waals surface area (Å²) in [6.45, 7) is 0. The summed E-state index contributed by atoms with van der Waals surface area (Å²) in [5.74, 6) is 0. The Morgan fingerprint density at radius 3 is 2.39 bits per heavy atom. The summed E-state index contributed by atoms with van der Waals surface area (Å²) in [7, 11) is 0. The number of carboxylic acid groups (broad SMARTS) is 1. The molecular weight excluding hydrogens is 250 g/mol. The first-order chi connectivity index (χ1) is 8.65. The third kappa shape index (κ3) is 3.25. The average Bonchev–Trinajstić information content (AvgIpc) is 2.34. The van der Waals surface area contributed by atoms with E-state index in [1.165, 1.54) is 0 Å². The van der Waals surface area contributed by atoms with Gasteiger partial charge in [-0.05, 0) is 35.7 Å². The number of amides is 1. The number of halogens is 1. The van der Waals surface area contributed by atoms with Crippen LogP contribution < -0.4 is 10.4 Å². The molecule has 3 nitrogen and oxygen atoms in total. The molecule has 0 aromatic heterocycles. The molecule has 4 heteroatoms. The van der Waals surface area contributed by atoms with Gasteiger partial charge in [0.15, 0.2) is 0 Å². The Hall–Kier alpha value is -2.00. The van der Waals surface area contributed by atoms with E-state index in [1.54, 1.807) is 12.1 Å². The molecule has 1 N–H and O–H groups in total. The molecule has 0 spiro atoms. The monoisotopic (exact) mass is 260 g/mol. The number of nitrogens with one attached hydrogen (secondary N) is 1. The van der Waals surface area contributed by atoms with Gasteiger partial charge >= 0.3 is 0 Å². The van der Waals surface area contributed by atoms with Crippen molar-refractivity contribution in [3.63, 3.8) is 0 Å². The lowest BCUT2D eigenvalue weighted by Gasteiger charge is -2.08. The van der Waals surface area contributed by atoms with Gasteiger partial charge in [-0.1, -0.05) is 41.9 Å². The van der Waals surface area contributed by atoms with Gasteiger partial charge in [-0.15, -0.1) is 0 Å². The topological polar surface area (TPSA) is 52.2 Å². The number of rotatable bonds is 3. The molecule has 0 fully saturated rings. The lowest BCUT2D eigenvalue weighted by molar-refractivity contribution is -0.242. The molecule has 0 aliphatic rings. The van der Waals surface area contributed by atoms with Gasteiger partial charge in [-0.3, -0.25) is 0 Å². The van der Waals surface area contributed by atoms with E-state index in [2.05, 4.69) is 5.32 Å². The Balaban J connectivity index is 2.11. The van der Waals surface area contributed by atoms with Crippen LogP contribution in [0.1, 0.15) is 11.1 Å². The zero-order chi connectivity index (χ0) is 13.0. The van der Waals surface area contributed by atoms with Crippen LogP contribution >= 0.6 is 11.6 Å². The summed E-state index contributed by atoms with van der Waals surface area (Å²) in [5, 5.41) is 13.3. The highest BCUT2D eigenvalue weighted by atomic mass is 35.5. The largest absolute Gasteiger partial charge is 0.530 e. The molecule has 0 saturated heterocycles. The number of hydrogen-bond donors (Lipinski definition) is 1. The highest BCUT2D eigenvalue weighted by molar-refractivity contribution is 6.31. The highest BCUT2D eigenvalue weighted by Crippen LogP contribution is 2.19. The zero-order valence-electron chi connectivity index (χ0n) is 9.52. The van der Waals surface area contributed by atoms with Crippen molar-refractivity contribution in [2.24, 2.45) is 0 Å². The van der Waals surface area contributed by atoms with Gasteiger partial charge in [0.2, 0.25) is 0 Å². The second kappa shape index (κ2) is 5.56. The van der Waals surface area contributed by atoms with E-state index in [4.69, 9.17) is 11.6 Å². The first-order valence-corrected chi connectivity index (χ1v) is 5.83. The Morgan fingerprint density at radius 1 is 1.11 bits per heavy atom. The molecule has 92 valence electrons. The second-order valence-electron chi connectivity index (χ2n) is 3.88. The molecular formula is C14H11ClNO2-. The van der Waals surface area contributed by atoms with Crippen LogP contribution in [0.2, 0.25) is 5.02 Å². The molecule has 0 bridgehead atoms. The molecule has 0 radical (unpaired) electrons. The molecule has 2 aromatic rings. The summed E-state index contributed by atoms with van der Waals surface area (Å²) < 4.78 is 0. The molecule has 2 rings (SSSR count). The second-order valence-corrected chi connectivity index (χ2v) is 4.28. The van der Waals surface area contributed by atoms with Crippen LogP contribution in [0.5, 0.6) is 0 Å². The first-order valence-electron chi connectivity index (χ1n) is 5.45. The minimum atomic E-state index is -1.31. The van der Waals surface area contributed by atoms with E-state index in [1.807, 2.05) is 36.4 Å². The number of anilines is 1. The molecule has 0 heterocycles. The van der Waals surface area contributed by atoms with E-state index in [9.17, 15) is 9.90 Å². The standard InChI is InChI=1S/C14H12ClNO2/c15-13-4-2-1-3-11(13)9-10-5-7-12(8-6-10)16-14(17)18/h1-8,16H,9H2,(H,17,18)/p-1. The lowest BCUT2D eigenvalue weighted by atomic mass is 10.0. The number of carbonyl (C=O) groups excluding carboxylic acids is 1. The minimum Gasteiger partial charge on any atom is -0.530 e. The fraction of sp³-hybridized carbons (Fsp3) is 0.0714. The Morgan fingerprint density at radius 2 is 1.78 bits per heavy atom. The number of hydrogen-bond acceptors (Lipinski definition) is 2.